The van der Waals surface area contributed by atoms with Crippen LogP contribution in [0.1, 0.15) is 39.2 Å². The highest BCUT2D eigenvalue weighted by atomic mass is 16.6. The summed E-state index contributed by atoms with van der Waals surface area (Å²) < 4.78 is 5.42. The van der Waals surface area contributed by atoms with E-state index in [1.165, 1.54) is 5.56 Å². The van der Waals surface area contributed by atoms with Crippen molar-refractivity contribution in [3.63, 3.8) is 0 Å². The molecule has 0 atom stereocenters. The molecule has 2 rings (SSSR count). The van der Waals surface area contributed by atoms with Crippen molar-refractivity contribution in [3.8, 4) is 0 Å². The highest BCUT2D eigenvalue weighted by Gasteiger charge is 2.41. The zero-order chi connectivity index (χ0) is 16.6. The van der Waals surface area contributed by atoms with Crippen molar-refractivity contribution in [1.29, 1.82) is 0 Å². The minimum atomic E-state index is -0.460. The Morgan fingerprint density at radius 2 is 1.77 bits per heavy atom. The Labute approximate surface area is 134 Å². The van der Waals surface area contributed by atoms with Crippen LogP contribution in [0, 0.1) is 12.3 Å². The average Bonchev–Trinajstić information content (AvgIpc) is 2.47. The van der Waals surface area contributed by atoms with Crippen LogP contribution in [0.2, 0.25) is 0 Å². The standard InChI is InChI=1S/C11H22N2O2.C7H8/c1-10(2,3)15-9(14)11(8-12)4-6-13-7-5-11;1-7-5-3-2-4-6-7/h13H,4-8,12H2,1-3H3;2-6H,1H3. The Bertz CT molecular complexity index is 446. The highest BCUT2D eigenvalue weighted by Crippen LogP contribution is 2.30. The molecule has 1 fully saturated rings. The van der Waals surface area contributed by atoms with Crippen LogP contribution in [0.4, 0.5) is 0 Å². The largest absolute Gasteiger partial charge is 0.460 e. The van der Waals surface area contributed by atoms with Crippen molar-refractivity contribution < 1.29 is 9.53 Å². The molecule has 1 aliphatic rings. The van der Waals surface area contributed by atoms with Gasteiger partial charge < -0.3 is 15.8 Å². The lowest BCUT2D eigenvalue weighted by molar-refractivity contribution is -0.168. The second kappa shape index (κ2) is 8.30. The molecule has 4 nitrogen and oxygen atoms in total. The average molecular weight is 306 g/mol. The summed E-state index contributed by atoms with van der Waals surface area (Å²) in [6, 6.07) is 10.3. The molecule has 0 aliphatic carbocycles. The number of nitrogens with one attached hydrogen (secondary N) is 1. The third kappa shape index (κ3) is 6.16. The van der Waals surface area contributed by atoms with Gasteiger partial charge in [0.05, 0.1) is 5.41 Å². The van der Waals surface area contributed by atoms with E-state index in [9.17, 15) is 4.79 Å². The summed E-state index contributed by atoms with van der Waals surface area (Å²) in [4.78, 5) is 12.0. The van der Waals surface area contributed by atoms with Crippen molar-refractivity contribution in [3.05, 3.63) is 35.9 Å². The predicted octanol–water partition coefficient (Wildman–Crippen LogP) is 2.65. The maximum Gasteiger partial charge on any atom is 0.313 e. The number of benzene rings is 1. The second-order valence-electron chi connectivity index (χ2n) is 6.89. The fourth-order valence-corrected chi connectivity index (χ4v) is 2.32. The first-order valence-electron chi connectivity index (χ1n) is 7.95. The minimum absolute atomic E-state index is 0.140. The number of esters is 1. The van der Waals surface area contributed by atoms with E-state index < -0.39 is 11.0 Å². The smallest absolute Gasteiger partial charge is 0.313 e. The lowest BCUT2D eigenvalue weighted by Crippen LogP contribution is -2.49. The van der Waals surface area contributed by atoms with Gasteiger partial charge in [0.1, 0.15) is 5.60 Å². The number of nitrogens with two attached hydrogens (primary N) is 1. The molecule has 1 heterocycles. The summed E-state index contributed by atoms with van der Waals surface area (Å²) in [5.41, 5.74) is 6.16. The van der Waals surface area contributed by atoms with Gasteiger partial charge in [0.25, 0.3) is 0 Å². The molecule has 0 bridgehead atoms. The SMILES string of the molecule is CC(C)(C)OC(=O)C1(CN)CCNCC1.Cc1ccccc1. The normalized spacial score (nSPS) is 17.1. The van der Waals surface area contributed by atoms with E-state index in [0.717, 1.165) is 25.9 Å². The number of rotatable bonds is 2. The molecule has 4 heteroatoms. The molecule has 1 aromatic carbocycles. The van der Waals surface area contributed by atoms with Crippen LogP contribution in [0.15, 0.2) is 30.3 Å². The molecule has 0 radical (unpaired) electrons. The second-order valence-corrected chi connectivity index (χ2v) is 6.89. The quantitative estimate of drug-likeness (QED) is 0.825. The number of ether oxygens (including phenoxy) is 1. The maximum absolute atomic E-state index is 12.0. The van der Waals surface area contributed by atoms with E-state index in [1.54, 1.807) is 0 Å². The van der Waals surface area contributed by atoms with Crippen molar-refractivity contribution in [1.82, 2.24) is 5.32 Å². The molecule has 0 unspecified atom stereocenters. The summed E-state index contributed by atoms with van der Waals surface area (Å²) in [6.45, 7) is 9.80. The van der Waals surface area contributed by atoms with Crippen molar-refractivity contribution in [2.24, 2.45) is 11.1 Å². The van der Waals surface area contributed by atoms with Gasteiger partial charge in [0.15, 0.2) is 0 Å². The zero-order valence-corrected chi connectivity index (χ0v) is 14.3. The van der Waals surface area contributed by atoms with Crippen LogP contribution in [0.25, 0.3) is 0 Å². The number of hydrogen-bond donors (Lipinski definition) is 2. The maximum atomic E-state index is 12.0. The van der Waals surface area contributed by atoms with Crippen LogP contribution in [-0.2, 0) is 9.53 Å². The summed E-state index contributed by atoms with van der Waals surface area (Å²) in [5, 5.41) is 3.23. The molecule has 0 saturated carbocycles. The lowest BCUT2D eigenvalue weighted by atomic mass is 9.79. The molecule has 1 aliphatic heterocycles. The molecular formula is C18H30N2O2. The molecule has 3 N–H and O–H groups in total. The first kappa shape index (κ1) is 18.7. The summed E-state index contributed by atoms with van der Waals surface area (Å²) >= 11 is 0. The van der Waals surface area contributed by atoms with E-state index in [4.69, 9.17) is 10.5 Å². The van der Waals surface area contributed by atoms with Gasteiger partial charge in [-0.3, -0.25) is 4.79 Å². The van der Waals surface area contributed by atoms with Crippen LogP contribution >= 0.6 is 0 Å². The topological polar surface area (TPSA) is 64.3 Å². The van der Waals surface area contributed by atoms with Crippen LogP contribution in [0.3, 0.4) is 0 Å². The Morgan fingerprint density at radius 1 is 1.23 bits per heavy atom. The van der Waals surface area contributed by atoms with E-state index in [0.29, 0.717) is 6.54 Å². The summed E-state index contributed by atoms with van der Waals surface area (Å²) in [5.74, 6) is -0.140. The predicted molar refractivity (Wildman–Crippen MR) is 90.6 cm³/mol. The molecule has 0 amide bonds. The molecule has 1 saturated heterocycles. The first-order valence-corrected chi connectivity index (χ1v) is 7.95. The number of piperidine rings is 1. The van der Waals surface area contributed by atoms with Gasteiger partial charge in [-0.2, -0.15) is 0 Å². The molecular weight excluding hydrogens is 276 g/mol. The summed E-state index contributed by atoms with van der Waals surface area (Å²) in [7, 11) is 0. The molecule has 124 valence electrons. The fraction of sp³-hybridized carbons (Fsp3) is 0.611. The van der Waals surface area contributed by atoms with E-state index in [1.807, 2.05) is 39.0 Å². The number of carbonyl (C=O) groups excluding carboxylic acids is 1. The fourth-order valence-electron chi connectivity index (χ4n) is 2.32. The summed E-state index contributed by atoms with van der Waals surface area (Å²) in [6.07, 6.45) is 1.55. The van der Waals surface area contributed by atoms with Gasteiger partial charge in [0, 0.05) is 6.54 Å². The van der Waals surface area contributed by atoms with Gasteiger partial charge in [-0.1, -0.05) is 35.9 Å². The Hall–Kier alpha value is -1.39. The van der Waals surface area contributed by atoms with Gasteiger partial charge in [0.2, 0.25) is 0 Å². The molecule has 0 aromatic heterocycles. The van der Waals surface area contributed by atoms with Crippen molar-refractivity contribution in [2.75, 3.05) is 19.6 Å². The van der Waals surface area contributed by atoms with Crippen LogP contribution < -0.4 is 11.1 Å². The Kier molecular flexibility index (Phi) is 7.04. The number of carbonyl (C=O) groups is 1. The Balaban J connectivity index is 0.000000287. The molecule has 22 heavy (non-hydrogen) atoms. The van der Waals surface area contributed by atoms with E-state index >= 15 is 0 Å². The molecule has 0 spiro atoms. The van der Waals surface area contributed by atoms with Crippen molar-refractivity contribution in [2.45, 2.75) is 46.1 Å². The Morgan fingerprint density at radius 3 is 2.14 bits per heavy atom. The first-order chi connectivity index (χ1) is 10.3. The van der Waals surface area contributed by atoms with Gasteiger partial charge in [-0.25, -0.2) is 0 Å². The minimum Gasteiger partial charge on any atom is -0.460 e. The van der Waals surface area contributed by atoms with Gasteiger partial charge >= 0.3 is 5.97 Å². The number of hydrogen-bond acceptors (Lipinski definition) is 4. The van der Waals surface area contributed by atoms with Crippen LogP contribution in [0.5, 0.6) is 0 Å². The van der Waals surface area contributed by atoms with Gasteiger partial charge in [-0.15, -0.1) is 0 Å². The van der Waals surface area contributed by atoms with E-state index in [2.05, 4.69) is 24.4 Å². The zero-order valence-electron chi connectivity index (χ0n) is 14.3. The third-order valence-electron chi connectivity index (χ3n) is 3.72. The van der Waals surface area contributed by atoms with Crippen LogP contribution in [-0.4, -0.2) is 31.2 Å². The lowest BCUT2D eigenvalue weighted by Gasteiger charge is -2.36. The number of aryl methyl sites for hydroxylation is 1. The van der Waals surface area contributed by atoms with Crippen molar-refractivity contribution >= 4 is 5.97 Å². The van der Waals surface area contributed by atoms with E-state index in [-0.39, 0.29) is 5.97 Å². The highest BCUT2D eigenvalue weighted by molar-refractivity contribution is 5.77. The third-order valence-corrected chi connectivity index (χ3v) is 3.72. The monoisotopic (exact) mass is 306 g/mol. The molecule has 1 aromatic rings. The van der Waals surface area contributed by atoms with Gasteiger partial charge in [-0.05, 0) is 53.6 Å².